The lowest BCUT2D eigenvalue weighted by Gasteiger charge is -2.18. The number of carbonyl (C=O) groups is 3. The fraction of sp³-hybridized carbons (Fsp3) is 0.800. The highest BCUT2D eigenvalue weighted by Gasteiger charge is 2.19. The van der Waals surface area contributed by atoms with E-state index in [0.29, 0.717) is 19.3 Å². The second kappa shape index (κ2) is 59.7. The number of allylic oxidation sites excluding steroid dienone is 10. The minimum absolute atomic E-state index is 0.0796. The normalized spacial score (nSPS) is 12.4. The standard InChI is InChI=1S/C65H116O6/c1-4-7-10-13-16-19-22-25-28-31-32-35-37-40-43-46-49-52-55-58-64(67)70-61-62(71-65(68)59-56-53-50-47-44-41-38-34-30-27-24-21-18-15-12-9-6-3)60-69-63(66)57-54-51-48-45-42-39-36-33-29-26-23-20-17-14-11-8-5-2/h16,18-19,21,25-30,62H,4-15,17,20,22-24,31-61H2,1-3H3/b19-16-,21-18-,28-25-,29-26-,30-27-/t62-/m1/s1. The van der Waals surface area contributed by atoms with E-state index in [9.17, 15) is 14.4 Å². The third-order valence-corrected chi connectivity index (χ3v) is 13.5. The van der Waals surface area contributed by atoms with E-state index in [1.54, 1.807) is 0 Å². The van der Waals surface area contributed by atoms with Crippen LogP contribution in [0.25, 0.3) is 0 Å². The van der Waals surface area contributed by atoms with Gasteiger partial charge in [-0.3, -0.25) is 14.4 Å². The smallest absolute Gasteiger partial charge is 0.306 e. The lowest BCUT2D eigenvalue weighted by atomic mass is 10.1. The first-order valence-electron chi connectivity index (χ1n) is 30.8. The SMILES string of the molecule is CCCCC/C=C\C/C=C\CCCCCCCCCCCC(=O)OC[C@@H](COC(=O)CCCCCCCCC/C=C\CCCCCCCC)OC(=O)CCCCCCCCC/C=C\C/C=C\CCCCC. The Morgan fingerprint density at radius 1 is 0.282 bits per heavy atom. The van der Waals surface area contributed by atoms with E-state index in [-0.39, 0.29) is 31.1 Å². The molecule has 0 saturated heterocycles. The van der Waals surface area contributed by atoms with E-state index in [4.69, 9.17) is 14.2 Å². The van der Waals surface area contributed by atoms with Crippen LogP contribution in [0.4, 0.5) is 0 Å². The Bertz CT molecular complexity index is 1280. The summed E-state index contributed by atoms with van der Waals surface area (Å²) in [5, 5.41) is 0. The van der Waals surface area contributed by atoms with Crippen LogP contribution in [-0.4, -0.2) is 37.2 Å². The fourth-order valence-electron chi connectivity index (χ4n) is 8.79. The Morgan fingerprint density at radius 2 is 0.507 bits per heavy atom. The van der Waals surface area contributed by atoms with Gasteiger partial charge < -0.3 is 14.2 Å². The molecule has 412 valence electrons. The summed E-state index contributed by atoms with van der Waals surface area (Å²) in [6, 6.07) is 0. The molecule has 0 aliphatic heterocycles. The summed E-state index contributed by atoms with van der Waals surface area (Å²) in [7, 11) is 0. The molecule has 0 bridgehead atoms. The summed E-state index contributed by atoms with van der Waals surface area (Å²) in [6.45, 7) is 6.61. The Morgan fingerprint density at radius 3 is 0.817 bits per heavy atom. The summed E-state index contributed by atoms with van der Waals surface area (Å²) in [5.74, 6) is -0.881. The second-order valence-electron chi connectivity index (χ2n) is 20.6. The molecule has 0 saturated carbocycles. The van der Waals surface area contributed by atoms with Gasteiger partial charge in [0.1, 0.15) is 13.2 Å². The van der Waals surface area contributed by atoms with Crippen LogP contribution in [0.3, 0.4) is 0 Å². The molecule has 0 aliphatic rings. The van der Waals surface area contributed by atoms with Crippen molar-refractivity contribution in [3.8, 4) is 0 Å². The van der Waals surface area contributed by atoms with Crippen molar-refractivity contribution in [3.63, 3.8) is 0 Å². The topological polar surface area (TPSA) is 78.9 Å². The molecule has 0 aromatic rings. The summed E-state index contributed by atoms with van der Waals surface area (Å²) < 4.78 is 16.9. The van der Waals surface area contributed by atoms with Crippen LogP contribution in [0.5, 0.6) is 0 Å². The molecule has 0 aliphatic carbocycles. The van der Waals surface area contributed by atoms with Gasteiger partial charge in [-0.15, -0.1) is 0 Å². The molecule has 0 spiro atoms. The van der Waals surface area contributed by atoms with E-state index in [2.05, 4.69) is 81.5 Å². The monoisotopic (exact) mass is 993 g/mol. The van der Waals surface area contributed by atoms with Gasteiger partial charge in [-0.1, -0.05) is 248 Å². The van der Waals surface area contributed by atoms with Crippen molar-refractivity contribution in [1.82, 2.24) is 0 Å². The molecule has 71 heavy (non-hydrogen) atoms. The van der Waals surface area contributed by atoms with Crippen molar-refractivity contribution in [2.75, 3.05) is 13.2 Å². The number of hydrogen-bond donors (Lipinski definition) is 0. The zero-order valence-electron chi connectivity index (χ0n) is 47.2. The molecule has 0 unspecified atom stereocenters. The van der Waals surface area contributed by atoms with Crippen LogP contribution >= 0.6 is 0 Å². The number of carbonyl (C=O) groups excluding carboxylic acids is 3. The first-order valence-corrected chi connectivity index (χ1v) is 30.8. The molecule has 0 fully saturated rings. The highest BCUT2D eigenvalue weighted by Crippen LogP contribution is 2.16. The zero-order valence-corrected chi connectivity index (χ0v) is 47.2. The number of ether oxygens (including phenoxy) is 3. The number of esters is 3. The van der Waals surface area contributed by atoms with Gasteiger partial charge in [-0.2, -0.15) is 0 Å². The Labute approximate surface area is 440 Å². The molecular weight excluding hydrogens is 877 g/mol. The molecular formula is C65H116O6. The van der Waals surface area contributed by atoms with Gasteiger partial charge in [-0.25, -0.2) is 0 Å². The van der Waals surface area contributed by atoms with Crippen molar-refractivity contribution in [3.05, 3.63) is 60.8 Å². The quantitative estimate of drug-likeness (QED) is 0.0261. The first-order chi connectivity index (χ1) is 35.0. The van der Waals surface area contributed by atoms with Crippen molar-refractivity contribution in [2.45, 2.75) is 322 Å². The average Bonchev–Trinajstić information content (AvgIpc) is 3.37. The molecule has 6 heteroatoms. The molecule has 0 amide bonds. The highest BCUT2D eigenvalue weighted by atomic mass is 16.6. The molecule has 0 aromatic heterocycles. The van der Waals surface area contributed by atoms with Gasteiger partial charge in [0.15, 0.2) is 6.10 Å². The highest BCUT2D eigenvalue weighted by molar-refractivity contribution is 5.71. The Kier molecular flexibility index (Phi) is 57.2. The number of rotatable bonds is 56. The minimum Gasteiger partial charge on any atom is -0.462 e. The number of hydrogen-bond acceptors (Lipinski definition) is 6. The lowest BCUT2D eigenvalue weighted by molar-refractivity contribution is -0.167. The minimum atomic E-state index is -0.782. The van der Waals surface area contributed by atoms with Gasteiger partial charge in [0.2, 0.25) is 0 Å². The van der Waals surface area contributed by atoms with Crippen LogP contribution in [-0.2, 0) is 28.6 Å². The molecule has 0 aromatic carbocycles. The van der Waals surface area contributed by atoms with Gasteiger partial charge in [-0.05, 0) is 109 Å². The van der Waals surface area contributed by atoms with E-state index >= 15 is 0 Å². The van der Waals surface area contributed by atoms with Gasteiger partial charge in [0.05, 0.1) is 0 Å². The van der Waals surface area contributed by atoms with Gasteiger partial charge in [0, 0.05) is 19.3 Å². The van der Waals surface area contributed by atoms with Crippen LogP contribution in [0.1, 0.15) is 316 Å². The first kappa shape index (κ1) is 68.1. The maximum atomic E-state index is 12.9. The molecule has 0 N–H and O–H groups in total. The maximum absolute atomic E-state index is 12.9. The third-order valence-electron chi connectivity index (χ3n) is 13.5. The van der Waals surface area contributed by atoms with E-state index in [0.717, 1.165) is 77.0 Å². The average molecular weight is 994 g/mol. The Balaban J connectivity index is 4.38. The van der Waals surface area contributed by atoms with Crippen molar-refractivity contribution in [1.29, 1.82) is 0 Å². The van der Waals surface area contributed by atoms with Crippen molar-refractivity contribution < 1.29 is 28.6 Å². The van der Waals surface area contributed by atoms with Crippen LogP contribution < -0.4 is 0 Å². The van der Waals surface area contributed by atoms with E-state index < -0.39 is 6.10 Å². The molecule has 0 heterocycles. The molecule has 1 atom stereocenters. The summed E-state index contributed by atoms with van der Waals surface area (Å²) in [6.07, 6.45) is 74.9. The zero-order chi connectivity index (χ0) is 51.4. The summed E-state index contributed by atoms with van der Waals surface area (Å²) in [5.41, 5.74) is 0. The Hall–Kier alpha value is -2.89. The predicted octanol–water partition coefficient (Wildman–Crippen LogP) is 20.8. The van der Waals surface area contributed by atoms with Gasteiger partial charge in [0.25, 0.3) is 0 Å². The summed E-state index contributed by atoms with van der Waals surface area (Å²) >= 11 is 0. The fourth-order valence-corrected chi connectivity index (χ4v) is 8.79. The molecule has 0 radical (unpaired) electrons. The lowest BCUT2D eigenvalue weighted by Crippen LogP contribution is -2.30. The largest absolute Gasteiger partial charge is 0.462 e. The van der Waals surface area contributed by atoms with Gasteiger partial charge >= 0.3 is 17.9 Å². The van der Waals surface area contributed by atoms with Crippen LogP contribution in [0.2, 0.25) is 0 Å². The van der Waals surface area contributed by atoms with Crippen molar-refractivity contribution >= 4 is 17.9 Å². The van der Waals surface area contributed by atoms with E-state index in [1.165, 1.54) is 199 Å². The summed E-state index contributed by atoms with van der Waals surface area (Å²) in [4.78, 5) is 38.3. The second-order valence-corrected chi connectivity index (χ2v) is 20.6. The van der Waals surface area contributed by atoms with E-state index in [1.807, 2.05) is 0 Å². The predicted molar refractivity (Wildman–Crippen MR) is 307 cm³/mol. The third kappa shape index (κ3) is 57.9. The molecule has 6 nitrogen and oxygen atoms in total. The molecule has 0 rings (SSSR count). The van der Waals surface area contributed by atoms with Crippen LogP contribution in [0.15, 0.2) is 60.8 Å². The van der Waals surface area contributed by atoms with Crippen molar-refractivity contribution in [2.24, 2.45) is 0 Å². The van der Waals surface area contributed by atoms with Crippen LogP contribution in [0, 0.1) is 0 Å². The number of unbranched alkanes of at least 4 members (excludes halogenated alkanes) is 35. The maximum Gasteiger partial charge on any atom is 0.306 e.